The third-order valence-electron chi connectivity index (χ3n) is 3.05. The van der Waals surface area contributed by atoms with Crippen molar-refractivity contribution in [3.8, 4) is 0 Å². The zero-order valence-corrected chi connectivity index (χ0v) is 10.6. The molecule has 0 aliphatic carbocycles. The lowest BCUT2D eigenvalue weighted by molar-refractivity contribution is 0.0895. The van der Waals surface area contributed by atoms with Crippen LogP contribution in [0.15, 0.2) is 55.1 Å². The van der Waals surface area contributed by atoms with E-state index in [4.69, 9.17) is 0 Å². The topological polar surface area (TPSA) is 64.3 Å². The molecular formula is C15H11N3O2. The third-order valence-corrected chi connectivity index (χ3v) is 3.05. The van der Waals surface area contributed by atoms with Gasteiger partial charge in [-0.05, 0) is 24.3 Å². The van der Waals surface area contributed by atoms with E-state index in [0.29, 0.717) is 16.6 Å². The van der Waals surface area contributed by atoms with Crippen molar-refractivity contribution in [2.45, 2.75) is 6.42 Å². The molecule has 5 heteroatoms. The largest absolute Gasteiger partial charge is 0.294 e. The zero-order valence-electron chi connectivity index (χ0n) is 10.6. The van der Waals surface area contributed by atoms with Crippen LogP contribution in [0.2, 0.25) is 0 Å². The van der Waals surface area contributed by atoms with Crippen LogP contribution in [0.25, 0.3) is 5.52 Å². The molecule has 20 heavy (non-hydrogen) atoms. The summed E-state index contributed by atoms with van der Waals surface area (Å²) in [6, 6.07) is 8.67. The summed E-state index contributed by atoms with van der Waals surface area (Å²) in [4.78, 5) is 28.1. The molecule has 3 aromatic heterocycles. The molecule has 0 fully saturated rings. The summed E-state index contributed by atoms with van der Waals surface area (Å²) in [6.07, 6.45) is 6.16. The van der Waals surface area contributed by atoms with Gasteiger partial charge in [-0.3, -0.25) is 14.6 Å². The van der Waals surface area contributed by atoms with E-state index < -0.39 is 0 Å². The predicted molar refractivity (Wildman–Crippen MR) is 72.7 cm³/mol. The average molecular weight is 265 g/mol. The lowest BCUT2D eigenvalue weighted by Gasteiger charge is -2.00. The van der Waals surface area contributed by atoms with Crippen LogP contribution < -0.4 is 0 Å². The summed E-state index contributed by atoms with van der Waals surface area (Å²) in [6.45, 7) is 0. The van der Waals surface area contributed by atoms with E-state index in [-0.39, 0.29) is 18.0 Å². The maximum atomic E-state index is 12.2. The normalized spacial score (nSPS) is 10.6. The van der Waals surface area contributed by atoms with Crippen LogP contribution in [-0.2, 0) is 0 Å². The lowest BCUT2D eigenvalue weighted by atomic mass is 10.0. The second kappa shape index (κ2) is 5.05. The van der Waals surface area contributed by atoms with Crippen LogP contribution in [0.3, 0.4) is 0 Å². The van der Waals surface area contributed by atoms with Crippen molar-refractivity contribution >= 4 is 17.1 Å². The fourth-order valence-corrected chi connectivity index (χ4v) is 2.03. The standard InChI is InChI=1S/C15H11N3O2/c19-14(11-4-6-16-7-5-11)9-15(20)12-10-17-18-8-2-1-3-13(12)18/h1-8,10H,9H2. The van der Waals surface area contributed by atoms with Crippen LogP contribution >= 0.6 is 0 Å². The van der Waals surface area contributed by atoms with Crippen molar-refractivity contribution in [1.82, 2.24) is 14.6 Å². The van der Waals surface area contributed by atoms with Gasteiger partial charge in [0.05, 0.1) is 23.7 Å². The van der Waals surface area contributed by atoms with Gasteiger partial charge >= 0.3 is 0 Å². The molecule has 0 bridgehead atoms. The molecule has 0 aromatic carbocycles. The maximum absolute atomic E-state index is 12.2. The smallest absolute Gasteiger partial charge is 0.174 e. The third kappa shape index (κ3) is 2.21. The summed E-state index contributed by atoms with van der Waals surface area (Å²) < 4.78 is 1.62. The first-order valence-electron chi connectivity index (χ1n) is 6.14. The van der Waals surface area contributed by atoms with Gasteiger partial charge in [-0.25, -0.2) is 4.52 Å². The Morgan fingerprint density at radius 3 is 2.65 bits per heavy atom. The highest BCUT2D eigenvalue weighted by atomic mass is 16.1. The van der Waals surface area contributed by atoms with Crippen molar-refractivity contribution in [3.05, 3.63) is 66.2 Å². The molecule has 5 nitrogen and oxygen atoms in total. The average Bonchev–Trinajstić information content (AvgIpc) is 2.92. The molecule has 0 aliphatic heterocycles. The molecule has 0 saturated heterocycles. The number of nitrogens with zero attached hydrogens (tertiary/aromatic N) is 3. The summed E-state index contributed by atoms with van der Waals surface area (Å²) in [5, 5.41) is 4.09. The first-order chi connectivity index (χ1) is 9.75. The number of fused-ring (bicyclic) bond motifs is 1. The predicted octanol–water partition coefficient (Wildman–Crippen LogP) is 2.19. The molecule has 0 amide bonds. The van der Waals surface area contributed by atoms with Gasteiger partial charge in [0.2, 0.25) is 0 Å². The Hall–Kier alpha value is -2.82. The number of pyridine rings is 2. The van der Waals surface area contributed by atoms with Crippen molar-refractivity contribution in [2.75, 3.05) is 0 Å². The van der Waals surface area contributed by atoms with Crippen molar-refractivity contribution in [2.24, 2.45) is 0 Å². The number of carbonyl (C=O) groups excluding carboxylic acids is 2. The van der Waals surface area contributed by atoms with E-state index in [9.17, 15) is 9.59 Å². The molecule has 0 N–H and O–H groups in total. The van der Waals surface area contributed by atoms with Crippen LogP contribution in [0, 0.1) is 0 Å². The minimum atomic E-state index is -0.229. The summed E-state index contributed by atoms with van der Waals surface area (Å²) in [7, 11) is 0. The van der Waals surface area contributed by atoms with Crippen molar-refractivity contribution in [1.29, 1.82) is 0 Å². The van der Waals surface area contributed by atoms with E-state index in [1.807, 2.05) is 12.1 Å². The van der Waals surface area contributed by atoms with Crippen LogP contribution in [-0.4, -0.2) is 26.2 Å². The van der Waals surface area contributed by atoms with Gasteiger partial charge in [0.1, 0.15) is 0 Å². The maximum Gasteiger partial charge on any atom is 0.174 e. The Labute approximate surface area is 114 Å². The Balaban J connectivity index is 1.85. The SMILES string of the molecule is O=C(CC(=O)c1cnn2ccccc12)c1ccncc1. The van der Waals surface area contributed by atoms with E-state index in [0.717, 1.165) is 0 Å². The summed E-state index contributed by atoms with van der Waals surface area (Å²) >= 11 is 0. The minimum Gasteiger partial charge on any atom is -0.294 e. The summed E-state index contributed by atoms with van der Waals surface area (Å²) in [5.41, 5.74) is 1.66. The second-order valence-corrected chi connectivity index (χ2v) is 4.35. The molecule has 3 rings (SSSR count). The summed E-state index contributed by atoms with van der Waals surface area (Å²) in [5.74, 6) is -0.444. The quantitative estimate of drug-likeness (QED) is 0.535. The van der Waals surface area contributed by atoms with Gasteiger partial charge in [0.15, 0.2) is 11.6 Å². The minimum absolute atomic E-state index is 0.166. The Kier molecular flexibility index (Phi) is 3.09. The molecule has 0 radical (unpaired) electrons. The molecular weight excluding hydrogens is 254 g/mol. The Morgan fingerprint density at radius 1 is 1.05 bits per heavy atom. The molecule has 3 heterocycles. The highest BCUT2D eigenvalue weighted by molar-refractivity contribution is 6.15. The van der Waals surface area contributed by atoms with Crippen LogP contribution in [0.1, 0.15) is 27.1 Å². The number of aromatic nitrogens is 3. The van der Waals surface area contributed by atoms with Gasteiger partial charge in [0.25, 0.3) is 0 Å². The Morgan fingerprint density at radius 2 is 1.85 bits per heavy atom. The zero-order chi connectivity index (χ0) is 13.9. The lowest BCUT2D eigenvalue weighted by Crippen LogP contribution is -2.08. The highest BCUT2D eigenvalue weighted by Crippen LogP contribution is 2.14. The van der Waals surface area contributed by atoms with Gasteiger partial charge in [0, 0.05) is 24.2 Å². The molecule has 0 unspecified atom stereocenters. The first kappa shape index (κ1) is 12.2. The van der Waals surface area contributed by atoms with Gasteiger partial charge in [-0.15, -0.1) is 0 Å². The highest BCUT2D eigenvalue weighted by Gasteiger charge is 2.17. The van der Waals surface area contributed by atoms with Gasteiger partial charge in [-0.2, -0.15) is 5.10 Å². The number of carbonyl (C=O) groups is 2. The van der Waals surface area contributed by atoms with Crippen LogP contribution in [0.4, 0.5) is 0 Å². The van der Waals surface area contributed by atoms with E-state index in [2.05, 4.69) is 10.1 Å². The Bertz CT molecular complexity index is 778. The molecule has 0 spiro atoms. The van der Waals surface area contributed by atoms with Crippen molar-refractivity contribution < 1.29 is 9.59 Å². The monoisotopic (exact) mass is 265 g/mol. The number of ketones is 2. The van der Waals surface area contributed by atoms with E-state index in [1.165, 1.54) is 18.6 Å². The number of Topliss-reactive ketones (excluding diaryl/α,β-unsaturated/α-hetero) is 2. The van der Waals surface area contributed by atoms with Crippen molar-refractivity contribution in [3.63, 3.8) is 0 Å². The molecule has 0 aliphatic rings. The number of rotatable bonds is 4. The number of hydrogen-bond acceptors (Lipinski definition) is 4. The fourth-order valence-electron chi connectivity index (χ4n) is 2.03. The van der Waals surface area contributed by atoms with Gasteiger partial charge in [-0.1, -0.05) is 6.07 Å². The molecule has 0 saturated carbocycles. The van der Waals surface area contributed by atoms with E-state index in [1.54, 1.807) is 28.9 Å². The fraction of sp³-hybridized carbons (Fsp3) is 0.0667. The molecule has 98 valence electrons. The van der Waals surface area contributed by atoms with Gasteiger partial charge < -0.3 is 0 Å². The van der Waals surface area contributed by atoms with Crippen LogP contribution in [0.5, 0.6) is 0 Å². The second-order valence-electron chi connectivity index (χ2n) is 4.35. The molecule has 0 atom stereocenters. The first-order valence-corrected chi connectivity index (χ1v) is 6.14. The molecule has 3 aromatic rings. The number of hydrogen-bond donors (Lipinski definition) is 0. The van der Waals surface area contributed by atoms with E-state index >= 15 is 0 Å².